The minimum Gasteiger partial charge on any atom is -0.493 e. The van der Waals surface area contributed by atoms with Crippen LogP contribution >= 0.6 is 0 Å². The lowest BCUT2D eigenvalue weighted by Gasteiger charge is -2.07. The van der Waals surface area contributed by atoms with Gasteiger partial charge in [0.15, 0.2) is 0 Å². The summed E-state index contributed by atoms with van der Waals surface area (Å²) in [6, 6.07) is 10.3. The van der Waals surface area contributed by atoms with Gasteiger partial charge in [0.1, 0.15) is 11.6 Å². The molecule has 0 spiro atoms. The number of rotatable bonds is 3. The first-order valence-corrected chi connectivity index (χ1v) is 6.74. The second-order valence-electron chi connectivity index (χ2n) is 4.89. The summed E-state index contributed by atoms with van der Waals surface area (Å²) in [5.41, 5.74) is 4.16. The van der Waals surface area contributed by atoms with Crippen LogP contribution < -0.4 is 4.74 Å². The molecule has 4 nitrogen and oxygen atoms in total. The van der Waals surface area contributed by atoms with Crippen LogP contribution in [0.2, 0.25) is 0 Å². The molecule has 4 heteroatoms. The highest BCUT2D eigenvalue weighted by molar-refractivity contribution is 5.63. The van der Waals surface area contributed by atoms with Crippen LogP contribution in [0.25, 0.3) is 11.3 Å². The molecule has 1 aliphatic rings. The van der Waals surface area contributed by atoms with E-state index < -0.39 is 0 Å². The molecule has 2 aromatic rings. The van der Waals surface area contributed by atoms with Crippen LogP contribution in [0.4, 0.5) is 0 Å². The first-order chi connectivity index (χ1) is 9.76. The van der Waals surface area contributed by atoms with Crippen LogP contribution in [0.3, 0.4) is 0 Å². The van der Waals surface area contributed by atoms with Gasteiger partial charge in [-0.2, -0.15) is 5.26 Å². The summed E-state index contributed by atoms with van der Waals surface area (Å²) in [6.45, 7) is 2.71. The van der Waals surface area contributed by atoms with E-state index in [4.69, 9.17) is 10.00 Å². The van der Waals surface area contributed by atoms with E-state index in [0.717, 1.165) is 41.6 Å². The zero-order chi connectivity index (χ0) is 13.9. The Kier molecular flexibility index (Phi) is 3.34. The van der Waals surface area contributed by atoms with Gasteiger partial charge >= 0.3 is 0 Å². The van der Waals surface area contributed by atoms with E-state index in [2.05, 4.69) is 22.1 Å². The SMILES string of the molecule is Cc1cc(-c2ccc3c(c2)CCO3)nc(CCC#N)n1. The van der Waals surface area contributed by atoms with Crippen LogP contribution in [-0.4, -0.2) is 16.6 Å². The highest BCUT2D eigenvalue weighted by atomic mass is 16.5. The number of benzene rings is 1. The Bertz CT molecular complexity index is 689. The van der Waals surface area contributed by atoms with Crippen molar-refractivity contribution >= 4 is 0 Å². The fraction of sp³-hybridized carbons (Fsp3) is 0.312. The summed E-state index contributed by atoms with van der Waals surface area (Å²) in [4.78, 5) is 8.95. The number of nitrogens with zero attached hydrogens (tertiary/aromatic N) is 3. The lowest BCUT2D eigenvalue weighted by Crippen LogP contribution is -1.99. The Morgan fingerprint density at radius 3 is 3.05 bits per heavy atom. The second kappa shape index (κ2) is 5.30. The molecule has 3 rings (SSSR count). The monoisotopic (exact) mass is 265 g/mol. The first kappa shape index (κ1) is 12.6. The molecule has 2 heterocycles. The largest absolute Gasteiger partial charge is 0.493 e. The predicted molar refractivity (Wildman–Crippen MR) is 75.3 cm³/mol. The van der Waals surface area contributed by atoms with Crippen molar-refractivity contribution in [3.63, 3.8) is 0 Å². The van der Waals surface area contributed by atoms with Gasteiger partial charge in [-0.1, -0.05) is 0 Å². The Balaban J connectivity index is 1.97. The number of fused-ring (bicyclic) bond motifs is 1. The van der Waals surface area contributed by atoms with E-state index in [0.29, 0.717) is 12.8 Å². The molecule has 0 amide bonds. The second-order valence-corrected chi connectivity index (χ2v) is 4.89. The van der Waals surface area contributed by atoms with Gasteiger partial charge in [-0.15, -0.1) is 0 Å². The van der Waals surface area contributed by atoms with Gasteiger partial charge in [-0.05, 0) is 36.8 Å². The predicted octanol–water partition coefficient (Wildman–Crippen LogP) is 2.84. The van der Waals surface area contributed by atoms with Crippen LogP contribution in [0.5, 0.6) is 5.75 Å². The molecule has 1 aromatic heterocycles. The number of aryl methyl sites for hydroxylation is 2. The van der Waals surface area contributed by atoms with Crippen molar-refractivity contribution in [3.05, 3.63) is 41.3 Å². The molecule has 0 fully saturated rings. The number of ether oxygens (including phenoxy) is 1. The van der Waals surface area contributed by atoms with Crippen molar-refractivity contribution in [2.75, 3.05) is 6.61 Å². The Morgan fingerprint density at radius 1 is 1.30 bits per heavy atom. The lowest BCUT2D eigenvalue weighted by atomic mass is 10.1. The Hall–Kier alpha value is -2.41. The molecule has 1 aliphatic heterocycles. The zero-order valence-electron chi connectivity index (χ0n) is 11.4. The van der Waals surface area contributed by atoms with Crippen molar-refractivity contribution in [2.24, 2.45) is 0 Å². The minimum atomic E-state index is 0.445. The van der Waals surface area contributed by atoms with Crippen molar-refractivity contribution in [1.82, 2.24) is 9.97 Å². The average Bonchev–Trinajstić information content (AvgIpc) is 2.92. The third kappa shape index (κ3) is 2.48. The van der Waals surface area contributed by atoms with E-state index in [9.17, 15) is 0 Å². The molecule has 20 heavy (non-hydrogen) atoms. The summed E-state index contributed by atoms with van der Waals surface area (Å²) in [5, 5.41) is 8.67. The van der Waals surface area contributed by atoms with Gasteiger partial charge in [-0.3, -0.25) is 0 Å². The normalized spacial score (nSPS) is 12.6. The van der Waals surface area contributed by atoms with Gasteiger partial charge in [0.05, 0.1) is 18.4 Å². The zero-order valence-corrected chi connectivity index (χ0v) is 11.4. The summed E-state index contributed by atoms with van der Waals surface area (Å²) in [6.07, 6.45) is 1.99. The molecule has 0 unspecified atom stereocenters. The van der Waals surface area contributed by atoms with Crippen LogP contribution in [0.1, 0.15) is 23.5 Å². The summed E-state index contributed by atoms with van der Waals surface area (Å²) in [5.74, 6) is 1.71. The maximum atomic E-state index is 8.67. The van der Waals surface area contributed by atoms with Crippen molar-refractivity contribution in [3.8, 4) is 23.1 Å². The first-order valence-electron chi connectivity index (χ1n) is 6.74. The number of nitriles is 1. The van der Waals surface area contributed by atoms with Crippen molar-refractivity contribution in [2.45, 2.75) is 26.2 Å². The van der Waals surface area contributed by atoms with Gasteiger partial charge in [0.2, 0.25) is 0 Å². The van der Waals surface area contributed by atoms with E-state index in [1.165, 1.54) is 5.56 Å². The topological polar surface area (TPSA) is 58.8 Å². The van der Waals surface area contributed by atoms with Gasteiger partial charge in [0.25, 0.3) is 0 Å². The highest BCUT2D eigenvalue weighted by Gasteiger charge is 2.13. The summed E-state index contributed by atoms with van der Waals surface area (Å²) >= 11 is 0. The number of aromatic nitrogens is 2. The van der Waals surface area contributed by atoms with Crippen LogP contribution in [0.15, 0.2) is 24.3 Å². The maximum Gasteiger partial charge on any atom is 0.130 e. The molecular weight excluding hydrogens is 250 g/mol. The quantitative estimate of drug-likeness (QED) is 0.856. The lowest BCUT2D eigenvalue weighted by molar-refractivity contribution is 0.357. The Labute approximate surface area is 118 Å². The van der Waals surface area contributed by atoms with Crippen molar-refractivity contribution < 1.29 is 4.74 Å². The standard InChI is InChI=1S/C16H15N3O/c1-11-9-14(19-16(18-11)3-2-7-17)12-4-5-15-13(10-12)6-8-20-15/h4-5,9-10H,2-3,6,8H2,1H3. The molecule has 100 valence electrons. The fourth-order valence-corrected chi connectivity index (χ4v) is 2.40. The maximum absolute atomic E-state index is 8.67. The molecule has 0 N–H and O–H groups in total. The molecule has 0 aliphatic carbocycles. The van der Waals surface area contributed by atoms with E-state index in [1.807, 2.05) is 25.1 Å². The number of hydrogen-bond acceptors (Lipinski definition) is 4. The van der Waals surface area contributed by atoms with Gasteiger partial charge in [0, 0.05) is 30.5 Å². The molecule has 1 aromatic carbocycles. The molecule has 0 saturated heterocycles. The molecule has 0 atom stereocenters. The van der Waals surface area contributed by atoms with E-state index in [1.54, 1.807) is 0 Å². The van der Waals surface area contributed by atoms with E-state index in [-0.39, 0.29) is 0 Å². The van der Waals surface area contributed by atoms with Crippen LogP contribution in [0, 0.1) is 18.3 Å². The van der Waals surface area contributed by atoms with Crippen LogP contribution in [-0.2, 0) is 12.8 Å². The molecule has 0 radical (unpaired) electrons. The molecule has 0 bridgehead atoms. The summed E-state index contributed by atoms with van der Waals surface area (Å²) in [7, 11) is 0. The summed E-state index contributed by atoms with van der Waals surface area (Å²) < 4.78 is 5.52. The van der Waals surface area contributed by atoms with E-state index >= 15 is 0 Å². The minimum absolute atomic E-state index is 0.445. The highest BCUT2D eigenvalue weighted by Crippen LogP contribution is 2.29. The average molecular weight is 265 g/mol. The Morgan fingerprint density at radius 2 is 2.20 bits per heavy atom. The molecule has 0 saturated carbocycles. The third-order valence-corrected chi connectivity index (χ3v) is 3.35. The third-order valence-electron chi connectivity index (χ3n) is 3.35. The van der Waals surface area contributed by atoms with Gasteiger partial charge in [-0.25, -0.2) is 9.97 Å². The molecular formula is C16H15N3O. The van der Waals surface area contributed by atoms with Gasteiger partial charge < -0.3 is 4.74 Å². The van der Waals surface area contributed by atoms with Crippen molar-refractivity contribution in [1.29, 1.82) is 5.26 Å². The fourth-order valence-electron chi connectivity index (χ4n) is 2.40. The smallest absolute Gasteiger partial charge is 0.130 e. The number of hydrogen-bond donors (Lipinski definition) is 0.